The number of nitrogens with two attached hydrogens (primary N) is 1. The van der Waals surface area contributed by atoms with E-state index in [-0.39, 0.29) is 5.76 Å². The van der Waals surface area contributed by atoms with Crippen molar-refractivity contribution < 1.29 is 19.0 Å². The van der Waals surface area contributed by atoms with Gasteiger partial charge in [-0.05, 0) is 18.6 Å². The van der Waals surface area contributed by atoms with Gasteiger partial charge in [0, 0.05) is 11.8 Å². The van der Waals surface area contributed by atoms with Crippen LogP contribution in [0, 0.1) is 6.92 Å². The summed E-state index contributed by atoms with van der Waals surface area (Å²) in [6.45, 7) is 1.84. The second kappa shape index (κ2) is 5.79. The smallest absolute Gasteiger partial charge is 0.377 e. The van der Waals surface area contributed by atoms with Crippen LogP contribution in [0.15, 0.2) is 30.2 Å². The number of benzene rings is 1. The van der Waals surface area contributed by atoms with Gasteiger partial charge in [0.2, 0.25) is 5.76 Å². The van der Waals surface area contributed by atoms with Crippen molar-refractivity contribution in [2.24, 2.45) is 0 Å². The summed E-state index contributed by atoms with van der Waals surface area (Å²) in [5.41, 5.74) is 7.04. The van der Waals surface area contributed by atoms with Crippen molar-refractivity contribution in [1.29, 1.82) is 0 Å². The lowest BCUT2D eigenvalue weighted by atomic mass is 10.2. The molecule has 0 aliphatic carbocycles. The average Bonchev–Trinajstić information content (AvgIpc) is 2.32. The van der Waals surface area contributed by atoms with Crippen LogP contribution in [0.1, 0.15) is 5.56 Å². The lowest BCUT2D eigenvalue weighted by Crippen LogP contribution is -2.11. The van der Waals surface area contributed by atoms with Gasteiger partial charge in [-0.25, -0.2) is 4.79 Å². The van der Waals surface area contributed by atoms with Gasteiger partial charge >= 0.3 is 5.97 Å². The summed E-state index contributed by atoms with van der Waals surface area (Å²) < 4.78 is 14.7. The van der Waals surface area contributed by atoms with E-state index in [1.807, 2.05) is 6.92 Å². The fourth-order valence-electron chi connectivity index (χ4n) is 1.17. The highest BCUT2D eigenvalue weighted by Crippen LogP contribution is 2.23. The van der Waals surface area contributed by atoms with E-state index in [9.17, 15) is 4.79 Å². The van der Waals surface area contributed by atoms with Crippen LogP contribution in [0.4, 0.5) is 5.69 Å². The highest BCUT2D eigenvalue weighted by molar-refractivity contribution is 5.86. The molecule has 0 atom stereocenters. The van der Waals surface area contributed by atoms with Gasteiger partial charge in [0.25, 0.3) is 0 Å². The number of methoxy groups -OCH3 is 2. The van der Waals surface area contributed by atoms with Gasteiger partial charge in [0.15, 0.2) is 0 Å². The van der Waals surface area contributed by atoms with Gasteiger partial charge in [-0.2, -0.15) is 0 Å². The van der Waals surface area contributed by atoms with Crippen molar-refractivity contribution in [3.8, 4) is 5.75 Å². The highest BCUT2D eigenvalue weighted by atomic mass is 16.6. The summed E-state index contributed by atoms with van der Waals surface area (Å²) in [5, 5.41) is 0. The summed E-state index contributed by atoms with van der Waals surface area (Å²) >= 11 is 0. The Morgan fingerprint density at radius 1 is 1.35 bits per heavy atom. The van der Waals surface area contributed by atoms with E-state index in [1.165, 1.54) is 20.5 Å². The van der Waals surface area contributed by atoms with Gasteiger partial charge in [-0.3, -0.25) is 0 Å². The molecule has 5 nitrogen and oxygen atoms in total. The number of hydrogen-bond donors (Lipinski definition) is 1. The Morgan fingerprint density at radius 2 is 2.06 bits per heavy atom. The predicted octanol–water partition coefficient (Wildman–Crippen LogP) is 1.62. The lowest BCUT2D eigenvalue weighted by molar-refractivity contribution is -0.138. The number of anilines is 1. The zero-order valence-electron chi connectivity index (χ0n) is 10.0. The van der Waals surface area contributed by atoms with Gasteiger partial charge < -0.3 is 19.9 Å². The molecule has 5 heteroatoms. The molecule has 0 amide bonds. The van der Waals surface area contributed by atoms with Crippen molar-refractivity contribution >= 4 is 11.7 Å². The minimum atomic E-state index is -0.617. The Balaban J connectivity index is 2.97. The van der Waals surface area contributed by atoms with E-state index >= 15 is 0 Å². The van der Waals surface area contributed by atoms with Gasteiger partial charge in [0.1, 0.15) is 12.0 Å². The first-order chi connectivity index (χ1) is 8.08. The van der Waals surface area contributed by atoms with Crippen LogP contribution < -0.4 is 10.5 Å². The Labute approximate surface area is 99.8 Å². The summed E-state index contributed by atoms with van der Waals surface area (Å²) in [5.74, 6) is -0.170. The van der Waals surface area contributed by atoms with Crippen molar-refractivity contribution in [3.63, 3.8) is 0 Å². The number of esters is 1. The summed E-state index contributed by atoms with van der Waals surface area (Å²) in [6, 6.07) is 5.17. The fourth-order valence-corrected chi connectivity index (χ4v) is 1.17. The monoisotopic (exact) mass is 237 g/mol. The molecular formula is C12H15NO4. The molecule has 0 bridgehead atoms. The third-order valence-corrected chi connectivity index (χ3v) is 2.04. The zero-order valence-corrected chi connectivity index (χ0v) is 10.0. The van der Waals surface area contributed by atoms with Gasteiger partial charge in [-0.15, -0.1) is 0 Å². The average molecular weight is 237 g/mol. The summed E-state index contributed by atoms with van der Waals surface area (Å²) in [7, 11) is 2.68. The van der Waals surface area contributed by atoms with E-state index < -0.39 is 5.97 Å². The van der Waals surface area contributed by atoms with E-state index in [1.54, 1.807) is 18.2 Å². The lowest BCUT2D eigenvalue weighted by Gasteiger charge is -2.10. The van der Waals surface area contributed by atoms with Crippen LogP contribution in [0.25, 0.3) is 0 Å². The quantitative estimate of drug-likeness (QED) is 0.373. The highest BCUT2D eigenvalue weighted by Gasteiger charge is 2.14. The Hall–Kier alpha value is -2.17. The van der Waals surface area contributed by atoms with Gasteiger partial charge in [0.05, 0.1) is 14.2 Å². The molecule has 2 N–H and O–H groups in total. The van der Waals surface area contributed by atoms with Crippen LogP contribution in [0.3, 0.4) is 0 Å². The number of ether oxygens (including phenoxy) is 3. The molecule has 0 fully saturated rings. The maximum absolute atomic E-state index is 11.4. The van der Waals surface area contributed by atoms with Crippen molar-refractivity contribution in [2.75, 3.05) is 20.0 Å². The van der Waals surface area contributed by atoms with Crippen molar-refractivity contribution in [2.45, 2.75) is 6.92 Å². The Morgan fingerprint density at radius 3 is 2.65 bits per heavy atom. The molecule has 0 saturated heterocycles. The second-order valence-corrected chi connectivity index (χ2v) is 3.34. The largest absolute Gasteiger partial charge is 0.500 e. The third kappa shape index (κ3) is 3.41. The first kappa shape index (κ1) is 12.9. The molecule has 0 aliphatic heterocycles. The number of nitrogen functional groups attached to an aromatic ring is 1. The Bertz CT molecular complexity index is 440. The minimum absolute atomic E-state index is 0.0382. The maximum atomic E-state index is 11.4. The molecule has 17 heavy (non-hydrogen) atoms. The van der Waals surface area contributed by atoms with Crippen molar-refractivity contribution in [3.05, 3.63) is 35.8 Å². The van der Waals surface area contributed by atoms with Crippen LogP contribution in [0.2, 0.25) is 0 Å². The standard InChI is InChI=1S/C12H15NO4/c1-8-4-5-9(13)6-10(8)17-11(7-15-2)12(14)16-3/h4-7H,13H2,1-3H3/b11-7-. The molecule has 1 aromatic rings. The fraction of sp³-hybridized carbons (Fsp3) is 0.250. The SMILES string of the molecule is CO/C=C(\Oc1cc(N)ccc1C)C(=O)OC. The van der Waals surface area contributed by atoms with Crippen LogP contribution >= 0.6 is 0 Å². The topological polar surface area (TPSA) is 70.8 Å². The van der Waals surface area contributed by atoms with E-state index in [0.29, 0.717) is 11.4 Å². The molecule has 1 rings (SSSR count). The predicted molar refractivity (Wildman–Crippen MR) is 63.3 cm³/mol. The third-order valence-electron chi connectivity index (χ3n) is 2.04. The molecule has 0 aliphatic rings. The summed E-state index contributed by atoms with van der Waals surface area (Å²) in [4.78, 5) is 11.4. The molecule has 92 valence electrons. The number of carbonyl (C=O) groups excluding carboxylic acids is 1. The van der Waals surface area contributed by atoms with Crippen LogP contribution in [-0.4, -0.2) is 20.2 Å². The molecule has 0 radical (unpaired) electrons. The maximum Gasteiger partial charge on any atom is 0.377 e. The number of aryl methyl sites for hydroxylation is 1. The molecule has 1 aromatic carbocycles. The molecular weight excluding hydrogens is 222 g/mol. The number of carbonyl (C=O) groups is 1. The number of hydrogen-bond acceptors (Lipinski definition) is 5. The van der Waals surface area contributed by atoms with Gasteiger partial charge in [-0.1, -0.05) is 6.07 Å². The first-order valence-corrected chi connectivity index (χ1v) is 4.93. The van der Waals surface area contributed by atoms with Crippen molar-refractivity contribution in [1.82, 2.24) is 0 Å². The molecule has 0 spiro atoms. The van der Waals surface area contributed by atoms with Crippen LogP contribution in [0.5, 0.6) is 5.75 Å². The van der Waals surface area contributed by atoms with E-state index in [0.717, 1.165) is 5.56 Å². The second-order valence-electron chi connectivity index (χ2n) is 3.34. The molecule has 0 saturated carbocycles. The molecule has 0 heterocycles. The van der Waals surface area contributed by atoms with E-state index in [2.05, 4.69) is 4.74 Å². The Kier molecular flexibility index (Phi) is 4.39. The summed E-state index contributed by atoms with van der Waals surface area (Å²) in [6.07, 6.45) is 1.18. The minimum Gasteiger partial charge on any atom is -0.500 e. The molecule has 0 aromatic heterocycles. The first-order valence-electron chi connectivity index (χ1n) is 4.93. The molecule has 0 unspecified atom stereocenters. The van der Waals surface area contributed by atoms with E-state index in [4.69, 9.17) is 15.2 Å². The normalized spacial score (nSPS) is 10.9. The number of rotatable bonds is 4. The zero-order chi connectivity index (χ0) is 12.8. The van der Waals surface area contributed by atoms with Crippen LogP contribution in [-0.2, 0) is 14.3 Å².